The van der Waals surface area contributed by atoms with Gasteiger partial charge in [-0.3, -0.25) is 0 Å². The van der Waals surface area contributed by atoms with E-state index >= 15 is 0 Å². The maximum absolute atomic E-state index is 13.0. The van der Waals surface area contributed by atoms with Gasteiger partial charge in [0.25, 0.3) is 0 Å². The lowest BCUT2D eigenvalue weighted by Gasteiger charge is -2.05. The monoisotopic (exact) mass is 292 g/mol. The molecule has 96 valence electrons. The smallest absolute Gasteiger partial charge is 0.189 e. The van der Waals surface area contributed by atoms with Gasteiger partial charge in [-0.2, -0.15) is 16.8 Å². The van der Waals surface area contributed by atoms with E-state index in [0.29, 0.717) is 0 Å². The minimum Gasteiger partial charge on any atom is -0.189 e. The first-order valence-corrected chi connectivity index (χ1v) is 7.39. The van der Waals surface area contributed by atoms with Crippen LogP contribution in [0.3, 0.4) is 0 Å². The van der Waals surface area contributed by atoms with Gasteiger partial charge in [0.1, 0.15) is 9.79 Å². The first-order chi connectivity index (χ1) is 8.21. The third kappa shape index (κ3) is 2.21. The lowest BCUT2D eigenvalue weighted by Crippen LogP contribution is -1.98. The van der Waals surface area contributed by atoms with Crippen LogP contribution in [0.5, 0.6) is 0 Å². The Morgan fingerprint density at radius 2 is 1.00 bits per heavy atom. The summed E-state index contributed by atoms with van der Waals surface area (Å²) in [7, 11) is -10.0. The number of hydrogen-bond donors (Lipinski definition) is 0. The first-order valence-electron chi connectivity index (χ1n) is 4.62. The van der Waals surface area contributed by atoms with Crippen LogP contribution in [0.4, 0.5) is 7.77 Å². The Morgan fingerprint density at radius 3 is 1.28 bits per heavy atom. The fraction of sp³-hybridized carbons (Fsp3) is 0. The van der Waals surface area contributed by atoms with Crippen LogP contribution in [0.2, 0.25) is 0 Å². The second-order valence-electron chi connectivity index (χ2n) is 3.48. The van der Waals surface area contributed by atoms with Crippen molar-refractivity contribution in [2.45, 2.75) is 9.79 Å². The van der Waals surface area contributed by atoms with Crippen LogP contribution < -0.4 is 0 Å². The Kier molecular flexibility index (Phi) is 2.86. The molecule has 0 heterocycles. The van der Waals surface area contributed by atoms with Crippen molar-refractivity contribution in [3.8, 4) is 0 Å². The Labute approximate surface area is 102 Å². The lowest BCUT2D eigenvalue weighted by atomic mass is 10.1. The van der Waals surface area contributed by atoms with Crippen LogP contribution in [0.15, 0.2) is 46.2 Å². The number of rotatable bonds is 2. The van der Waals surface area contributed by atoms with Crippen molar-refractivity contribution >= 4 is 31.2 Å². The Hall–Kier alpha value is -1.54. The van der Waals surface area contributed by atoms with Crippen LogP contribution in [0.25, 0.3) is 10.8 Å². The predicted octanol–water partition coefficient (Wildman–Crippen LogP) is 2.16. The summed E-state index contributed by atoms with van der Waals surface area (Å²) in [4.78, 5) is -1.38. The van der Waals surface area contributed by atoms with Gasteiger partial charge in [0, 0.05) is 10.8 Å². The largest absolute Gasteiger partial charge is 0.332 e. The summed E-state index contributed by atoms with van der Waals surface area (Å²) in [5.41, 5.74) is 0. The Morgan fingerprint density at radius 1 is 0.667 bits per heavy atom. The molecule has 0 aliphatic heterocycles. The van der Waals surface area contributed by atoms with Crippen molar-refractivity contribution in [2.75, 3.05) is 0 Å². The highest BCUT2D eigenvalue weighted by Crippen LogP contribution is 2.30. The molecule has 2 aromatic carbocycles. The summed E-state index contributed by atoms with van der Waals surface area (Å²) in [6, 6.07) is 6.65. The van der Waals surface area contributed by atoms with Crippen molar-refractivity contribution in [2.24, 2.45) is 0 Å². The highest BCUT2D eigenvalue weighted by molar-refractivity contribution is 7.87. The fourth-order valence-electron chi connectivity index (χ4n) is 1.67. The zero-order chi connectivity index (χ0) is 13.6. The molecule has 0 N–H and O–H groups in total. The summed E-state index contributed by atoms with van der Waals surface area (Å²) < 4.78 is 69.6. The van der Waals surface area contributed by atoms with Gasteiger partial charge >= 0.3 is 20.4 Å². The molecule has 0 fully saturated rings. The summed E-state index contributed by atoms with van der Waals surface area (Å²) in [6.07, 6.45) is 0. The van der Waals surface area contributed by atoms with E-state index in [2.05, 4.69) is 0 Å². The third-order valence-corrected chi connectivity index (χ3v) is 4.13. The van der Waals surface area contributed by atoms with E-state index in [0.717, 1.165) is 12.1 Å². The minimum absolute atomic E-state index is 0.182. The van der Waals surface area contributed by atoms with E-state index in [1.807, 2.05) is 0 Å². The molecule has 0 saturated heterocycles. The molecule has 0 saturated carbocycles. The molecular formula is C10H6F2O4S2. The molecule has 2 aromatic rings. The molecule has 0 amide bonds. The van der Waals surface area contributed by atoms with Gasteiger partial charge in [-0.1, -0.05) is 24.3 Å². The van der Waals surface area contributed by atoms with Gasteiger partial charge in [-0.15, -0.1) is 7.77 Å². The van der Waals surface area contributed by atoms with Gasteiger partial charge in [-0.05, 0) is 12.1 Å². The van der Waals surface area contributed by atoms with Gasteiger partial charge in [0.2, 0.25) is 0 Å². The normalized spacial score (nSPS) is 12.8. The first kappa shape index (κ1) is 12.9. The Bertz CT molecular complexity index is 756. The Balaban J connectivity index is 3.01. The van der Waals surface area contributed by atoms with Gasteiger partial charge in [-0.25, -0.2) is 0 Å². The van der Waals surface area contributed by atoms with Crippen LogP contribution in [0, 0.1) is 0 Å². The van der Waals surface area contributed by atoms with E-state index < -0.39 is 30.2 Å². The SMILES string of the molecule is O=S(=O)(F)c1ccc(S(=O)(=O)F)c2ccccc12. The molecule has 2 rings (SSSR count). The topological polar surface area (TPSA) is 68.3 Å². The lowest BCUT2D eigenvalue weighted by molar-refractivity contribution is 0.549. The van der Waals surface area contributed by atoms with E-state index in [1.165, 1.54) is 24.3 Å². The number of halogens is 2. The van der Waals surface area contributed by atoms with Crippen molar-refractivity contribution < 1.29 is 24.6 Å². The fourth-order valence-corrected chi connectivity index (χ4v) is 3.01. The predicted molar refractivity (Wildman–Crippen MR) is 60.5 cm³/mol. The van der Waals surface area contributed by atoms with Crippen LogP contribution in [-0.2, 0) is 20.4 Å². The highest BCUT2D eigenvalue weighted by Gasteiger charge is 2.22. The molecule has 4 nitrogen and oxygen atoms in total. The molecule has 0 aromatic heterocycles. The maximum atomic E-state index is 13.0. The minimum atomic E-state index is -5.01. The molecule has 0 aliphatic rings. The van der Waals surface area contributed by atoms with Crippen LogP contribution >= 0.6 is 0 Å². The third-order valence-electron chi connectivity index (χ3n) is 2.37. The van der Waals surface area contributed by atoms with E-state index in [4.69, 9.17) is 0 Å². The molecule has 0 unspecified atom stereocenters. The standard InChI is InChI=1S/C10H6F2O4S2/c11-17(13,14)9-5-6-10(18(12,15)16)8-4-2-1-3-7(8)9/h1-6H. The molecule has 0 spiro atoms. The van der Waals surface area contributed by atoms with E-state index in [9.17, 15) is 24.6 Å². The van der Waals surface area contributed by atoms with Crippen LogP contribution in [0.1, 0.15) is 0 Å². The van der Waals surface area contributed by atoms with Crippen molar-refractivity contribution in [3.63, 3.8) is 0 Å². The zero-order valence-corrected chi connectivity index (χ0v) is 10.3. The molecule has 0 radical (unpaired) electrons. The highest BCUT2D eigenvalue weighted by atomic mass is 32.3. The van der Waals surface area contributed by atoms with E-state index in [-0.39, 0.29) is 10.8 Å². The summed E-state index contributed by atoms with van der Waals surface area (Å²) in [5, 5.41) is -0.363. The number of benzene rings is 2. The number of fused-ring (bicyclic) bond motifs is 1. The molecule has 0 aliphatic carbocycles. The number of hydrogen-bond acceptors (Lipinski definition) is 4. The maximum Gasteiger partial charge on any atom is 0.332 e. The quantitative estimate of drug-likeness (QED) is 0.795. The average Bonchev–Trinajstić information content (AvgIpc) is 2.24. The van der Waals surface area contributed by atoms with E-state index in [1.54, 1.807) is 0 Å². The second kappa shape index (κ2) is 3.99. The molecule has 0 bridgehead atoms. The van der Waals surface area contributed by atoms with Gasteiger partial charge < -0.3 is 0 Å². The summed E-state index contributed by atoms with van der Waals surface area (Å²) >= 11 is 0. The van der Waals surface area contributed by atoms with Crippen molar-refractivity contribution in [3.05, 3.63) is 36.4 Å². The van der Waals surface area contributed by atoms with Gasteiger partial charge in [0.15, 0.2) is 0 Å². The van der Waals surface area contributed by atoms with Gasteiger partial charge in [0.05, 0.1) is 0 Å². The second-order valence-corrected chi connectivity index (χ2v) is 6.11. The average molecular weight is 292 g/mol. The van der Waals surface area contributed by atoms with Crippen LogP contribution in [-0.4, -0.2) is 16.8 Å². The summed E-state index contributed by atoms with van der Waals surface area (Å²) in [6.45, 7) is 0. The molecule has 8 heteroatoms. The zero-order valence-electron chi connectivity index (χ0n) is 8.67. The molecule has 0 atom stereocenters. The molecule has 18 heavy (non-hydrogen) atoms. The van der Waals surface area contributed by atoms with Crippen molar-refractivity contribution in [1.82, 2.24) is 0 Å². The van der Waals surface area contributed by atoms with Crippen molar-refractivity contribution in [1.29, 1.82) is 0 Å². The molecular weight excluding hydrogens is 286 g/mol. The summed E-state index contributed by atoms with van der Waals surface area (Å²) in [5.74, 6) is 0.